The van der Waals surface area contributed by atoms with E-state index >= 15 is 0 Å². The maximum Gasteiger partial charge on any atom is 0.283 e. The lowest BCUT2D eigenvalue weighted by Gasteiger charge is -2.28. The molecular formula is C26H23ClN4O2S. The number of rotatable bonds is 3. The summed E-state index contributed by atoms with van der Waals surface area (Å²) in [5.41, 5.74) is 4.59. The highest BCUT2D eigenvalue weighted by molar-refractivity contribution is 7.08. The number of fused-ring (bicyclic) bond motifs is 1. The smallest absolute Gasteiger partial charge is 0.283 e. The highest BCUT2D eigenvalue weighted by Crippen LogP contribution is 2.30. The topological polar surface area (TPSA) is 57.9 Å². The number of aromatic nitrogens is 1. The first-order valence-corrected chi connectivity index (χ1v) is 12.3. The van der Waals surface area contributed by atoms with Crippen LogP contribution < -0.4 is 24.7 Å². The zero-order valence-electron chi connectivity index (χ0n) is 19.1. The van der Waals surface area contributed by atoms with Gasteiger partial charge in [-0.1, -0.05) is 35.9 Å². The van der Waals surface area contributed by atoms with Crippen molar-refractivity contribution in [2.75, 3.05) is 16.5 Å². The van der Waals surface area contributed by atoms with Crippen molar-refractivity contribution >= 4 is 63.3 Å². The molecule has 2 aromatic carbocycles. The van der Waals surface area contributed by atoms with Crippen LogP contribution in [0.1, 0.15) is 26.3 Å². The fourth-order valence-corrected chi connectivity index (χ4v) is 5.82. The average molecular weight is 491 g/mol. The average Bonchev–Trinajstić information content (AvgIpc) is 3.33. The number of carbonyl (C=O) groups is 1. The molecule has 0 bridgehead atoms. The van der Waals surface area contributed by atoms with Crippen molar-refractivity contribution in [3.05, 3.63) is 84.7 Å². The molecule has 0 saturated heterocycles. The Bertz CT molecular complexity index is 1550. The van der Waals surface area contributed by atoms with Crippen LogP contribution in [0.3, 0.4) is 0 Å². The molecule has 172 valence electrons. The molecule has 0 atom stereocenters. The maximum absolute atomic E-state index is 13.6. The SMILES string of the molecule is CCN1/C(=c2/s/c(=C3/C(=O)N(c4ccc(Cl)cc4)N=C3C)n(CC)c2=O)C=Cc2ccccc21. The Morgan fingerprint density at radius 1 is 0.971 bits per heavy atom. The number of carbonyl (C=O) groups excluding carboxylic acids is 1. The molecule has 34 heavy (non-hydrogen) atoms. The van der Waals surface area contributed by atoms with E-state index in [1.165, 1.54) is 16.3 Å². The van der Waals surface area contributed by atoms with Gasteiger partial charge in [0.1, 0.15) is 9.20 Å². The van der Waals surface area contributed by atoms with Crippen LogP contribution in [0.15, 0.2) is 64.5 Å². The van der Waals surface area contributed by atoms with Gasteiger partial charge >= 0.3 is 0 Å². The second-order valence-electron chi connectivity index (χ2n) is 7.96. The normalized spacial score (nSPS) is 18.5. The summed E-state index contributed by atoms with van der Waals surface area (Å²) in [6.45, 7) is 6.96. The molecule has 2 aliphatic heterocycles. The summed E-state index contributed by atoms with van der Waals surface area (Å²) < 4.78 is 2.91. The number of para-hydroxylation sites is 1. The number of benzene rings is 2. The Morgan fingerprint density at radius 3 is 2.41 bits per heavy atom. The van der Waals surface area contributed by atoms with E-state index in [-0.39, 0.29) is 11.5 Å². The molecule has 2 aliphatic rings. The zero-order chi connectivity index (χ0) is 24.0. The number of halogens is 1. The van der Waals surface area contributed by atoms with Crippen molar-refractivity contribution in [2.45, 2.75) is 27.3 Å². The van der Waals surface area contributed by atoms with E-state index in [4.69, 9.17) is 11.6 Å². The minimum absolute atomic E-state index is 0.0991. The minimum Gasteiger partial charge on any atom is -0.340 e. The van der Waals surface area contributed by atoms with Crippen LogP contribution in [0.25, 0.3) is 17.3 Å². The Kier molecular flexibility index (Phi) is 5.75. The number of amides is 1. The first-order valence-electron chi connectivity index (χ1n) is 11.1. The summed E-state index contributed by atoms with van der Waals surface area (Å²) in [5, 5.41) is 6.45. The Balaban J connectivity index is 1.73. The molecule has 0 fully saturated rings. The first-order chi connectivity index (χ1) is 16.4. The third-order valence-corrected chi connectivity index (χ3v) is 7.45. The van der Waals surface area contributed by atoms with E-state index in [0.717, 1.165) is 23.5 Å². The molecule has 1 aromatic heterocycles. The van der Waals surface area contributed by atoms with Crippen LogP contribution in [-0.2, 0) is 11.3 Å². The first kappa shape index (κ1) is 22.4. The van der Waals surface area contributed by atoms with Crippen LogP contribution >= 0.6 is 22.9 Å². The largest absolute Gasteiger partial charge is 0.340 e. The standard InChI is InChI=1S/C26H23ClN4O2S/c1-4-29-20-9-7-6-8-17(20)10-15-21(29)23-25(33)30(5-2)26(34-23)22-16(3)28-31(24(22)32)19-13-11-18(27)12-14-19/h6-15H,4-5H2,1-3H3/b23-21+,26-22+. The van der Waals surface area contributed by atoms with Crippen molar-refractivity contribution in [1.29, 1.82) is 0 Å². The summed E-state index contributed by atoms with van der Waals surface area (Å²) in [6.07, 6.45) is 4.03. The van der Waals surface area contributed by atoms with E-state index in [0.29, 0.717) is 37.7 Å². The molecule has 0 saturated carbocycles. The number of hydrazone groups is 1. The van der Waals surface area contributed by atoms with Gasteiger partial charge in [0.2, 0.25) is 0 Å². The van der Waals surface area contributed by atoms with Gasteiger partial charge in [-0.25, -0.2) is 0 Å². The summed E-state index contributed by atoms with van der Waals surface area (Å²) in [4.78, 5) is 29.2. The molecular weight excluding hydrogens is 468 g/mol. The predicted molar refractivity (Wildman–Crippen MR) is 141 cm³/mol. The zero-order valence-corrected chi connectivity index (χ0v) is 20.7. The number of hydrogen-bond acceptors (Lipinski definition) is 5. The van der Waals surface area contributed by atoms with Crippen molar-refractivity contribution in [3.8, 4) is 0 Å². The second kappa shape index (κ2) is 8.74. The van der Waals surface area contributed by atoms with E-state index in [2.05, 4.69) is 29.1 Å². The van der Waals surface area contributed by atoms with Gasteiger partial charge in [-0.2, -0.15) is 10.1 Å². The monoisotopic (exact) mass is 490 g/mol. The summed E-state index contributed by atoms with van der Waals surface area (Å²) >= 11 is 7.35. The minimum atomic E-state index is -0.253. The molecule has 0 radical (unpaired) electrons. The third-order valence-electron chi connectivity index (χ3n) is 5.99. The van der Waals surface area contributed by atoms with Gasteiger partial charge in [0.25, 0.3) is 11.5 Å². The molecule has 8 heteroatoms. The van der Waals surface area contributed by atoms with Gasteiger partial charge in [0.05, 0.1) is 22.7 Å². The van der Waals surface area contributed by atoms with Gasteiger partial charge in [0, 0.05) is 23.8 Å². The fourth-order valence-electron chi connectivity index (χ4n) is 4.36. The highest BCUT2D eigenvalue weighted by atomic mass is 35.5. The van der Waals surface area contributed by atoms with E-state index in [9.17, 15) is 9.59 Å². The lowest BCUT2D eigenvalue weighted by atomic mass is 10.1. The number of hydrogen-bond donors (Lipinski definition) is 0. The van der Waals surface area contributed by atoms with Gasteiger partial charge in [-0.05, 0) is 62.7 Å². The van der Waals surface area contributed by atoms with Crippen molar-refractivity contribution in [2.24, 2.45) is 5.10 Å². The maximum atomic E-state index is 13.6. The molecule has 6 nitrogen and oxygen atoms in total. The van der Waals surface area contributed by atoms with E-state index < -0.39 is 0 Å². The molecule has 5 rings (SSSR count). The van der Waals surface area contributed by atoms with Crippen LogP contribution in [0.4, 0.5) is 11.4 Å². The van der Waals surface area contributed by atoms with Crippen molar-refractivity contribution < 1.29 is 4.79 Å². The molecule has 0 spiro atoms. The number of anilines is 2. The third kappa shape index (κ3) is 3.52. The lowest BCUT2D eigenvalue weighted by molar-refractivity contribution is -0.112. The number of nitrogens with zero attached hydrogens (tertiary/aromatic N) is 4. The Hall–Kier alpha value is -3.42. The molecule has 3 heterocycles. The van der Waals surface area contributed by atoms with Crippen LogP contribution in [0.2, 0.25) is 5.02 Å². The van der Waals surface area contributed by atoms with Gasteiger partial charge < -0.3 is 4.90 Å². The summed E-state index contributed by atoms with van der Waals surface area (Å²) in [6, 6.07) is 15.1. The second-order valence-corrected chi connectivity index (χ2v) is 9.40. The fraction of sp³-hybridized carbons (Fsp3) is 0.192. The predicted octanol–water partition coefficient (Wildman–Crippen LogP) is 3.82. The number of likely N-dealkylation sites (N-methyl/N-ethyl adjacent to an activating group) is 1. The Labute approximate surface area is 206 Å². The number of thiazole rings is 1. The van der Waals surface area contributed by atoms with Gasteiger partial charge in [-0.3, -0.25) is 14.2 Å². The van der Waals surface area contributed by atoms with Crippen LogP contribution in [0.5, 0.6) is 0 Å². The van der Waals surface area contributed by atoms with Crippen LogP contribution in [0, 0.1) is 0 Å². The highest BCUT2D eigenvalue weighted by Gasteiger charge is 2.31. The van der Waals surface area contributed by atoms with E-state index in [1.54, 1.807) is 35.8 Å². The van der Waals surface area contributed by atoms with E-state index in [1.807, 2.05) is 31.2 Å². The summed E-state index contributed by atoms with van der Waals surface area (Å²) in [5.74, 6) is -0.253. The molecule has 3 aromatic rings. The summed E-state index contributed by atoms with van der Waals surface area (Å²) in [7, 11) is 0. The quantitative estimate of drug-likeness (QED) is 0.561. The van der Waals surface area contributed by atoms with Gasteiger partial charge in [-0.15, -0.1) is 11.3 Å². The molecule has 0 unspecified atom stereocenters. The molecule has 0 aliphatic carbocycles. The van der Waals surface area contributed by atoms with Crippen molar-refractivity contribution in [1.82, 2.24) is 4.57 Å². The molecule has 1 amide bonds. The van der Waals surface area contributed by atoms with Gasteiger partial charge in [0.15, 0.2) is 0 Å². The Morgan fingerprint density at radius 2 is 1.71 bits per heavy atom. The van der Waals surface area contributed by atoms with Crippen molar-refractivity contribution in [3.63, 3.8) is 0 Å². The lowest BCUT2D eigenvalue weighted by Crippen LogP contribution is -2.37. The van der Waals surface area contributed by atoms with Crippen LogP contribution in [-0.4, -0.2) is 22.7 Å². The molecule has 0 N–H and O–H groups in total.